The molecule has 0 aliphatic carbocycles. The van der Waals surface area contributed by atoms with Crippen molar-refractivity contribution in [2.24, 2.45) is 0 Å². The number of carbonyl (C=O) groups excluding carboxylic acids is 1. The standard InChI is InChI=1S/C15H15NO4S/c1-16(2)15(17)14-5-4-13(21-14)9-6-11-12(20-8-19-11)7-10(9)18-3/h4-7H,8H2,1-3H3. The van der Waals surface area contributed by atoms with Crippen molar-refractivity contribution >= 4 is 17.2 Å². The van der Waals surface area contributed by atoms with E-state index >= 15 is 0 Å². The summed E-state index contributed by atoms with van der Waals surface area (Å²) in [6, 6.07) is 7.44. The summed E-state index contributed by atoms with van der Waals surface area (Å²) in [4.78, 5) is 15.2. The van der Waals surface area contributed by atoms with Crippen LogP contribution in [0.25, 0.3) is 10.4 Å². The topological polar surface area (TPSA) is 48.0 Å². The maximum absolute atomic E-state index is 12.0. The van der Waals surface area contributed by atoms with Gasteiger partial charge in [0.25, 0.3) is 5.91 Å². The normalized spacial score (nSPS) is 12.3. The fraction of sp³-hybridized carbons (Fsp3) is 0.267. The predicted molar refractivity (Wildman–Crippen MR) is 80.4 cm³/mol. The molecule has 0 fully saturated rings. The zero-order valence-electron chi connectivity index (χ0n) is 12.0. The van der Waals surface area contributed by atoms with Crippen LogP contribution >= 0.6 is 11.3 Å². The van der Waals surface area contributed by atoms with Gasteiger partial charge in [0.05, 0.1) is 12.0 Å². The molecule has 2 heterocycles. The lowest BCUT2D eigenvalue weighted by Crippen LogP contribution is -2.20. The van der Waals surface area contributed by atoms with Crippen molar-refractivity contribution in [1.82, 2.24) is 4.90 Å². The molecule has 1 aromatic heterocycles. The zero-order valence-corrected chi connectivity index (χ0v) is 12.8. The van der Waals surface area contributed by atoms with E-state index in [0.717, 1.165) is 10.4 Å². The second-order valence-electron chi connectivity index (χ2n) is 4.77. The summed E-state index contributed by atoms with van der Waals surface area (Å²) in [6.45, 7) is 0.219. The molecule has 2 aromatic rings. The number of rotatable bonds is 3. The molecule has 0 unspecified atom stereocenters. The molecule has 1 aromatic carbocycles. The number of thiophene rings is 1. The first kappa shape index (κ1) is 13.8. The van der Waals surface area contributed by atoms with Crippen molar-refractivity contribution in [2.45, 2.75) is 0 Å². The molecule has 0 N–H and O–H groups in total. The second-order valence-corrected chi connectivity index (χ2v) is 5.85. The highest BCUT2D eigenvalue weighted by molar-refractivity contribution is 7.17. The molecule has 1 aliphatic rings. The lowest BCUT2D eigenvalue weighted by molar-refractivity contribution is 0.0832. The summed E-state index contributed by atoms with van der Waals surface area (Å²) in [5.74, 6) is 2.06. The maximum atomic E-state index is 12.0. The predicted octanol–water partition coefficient (Wildman–Crippen LogP) is 2.85. The van der Waals surface area contributed by atoms with Gasteiger partial charge in [-0.1, -0.05) is 0 Å². The zero-order chi connectivity index (χ0) is 15.0. The van der Waals surface area contributed by atoms with E-state index in [9.17, 15) is 4.79 Å². The molecular formula is C15H15NO4S. The van der Waals surface area contributed by atoms with Gasteiger partial charge < -0.3 is 19.1 Å². The van der Waals surface area contributed by atoms with Crippen molar-refractivity contribution in [3.63, 3.8) is 0 Å². The molecule has 5 nitrogen and oxygen atoms in total. The van der Waals surface area contributed by atoms with Gasteiger partial charge in [-0.25, -0.2) is 0 Å². The van der Waals surface area contributed by atoms with Crippen LogP contribution in [0.1, 0.15) is 9.67 Å². The third kappa shape index (κ3) is 2.42. The Bertz CT molecular complexity index is 693. The number of fused-ring (bicyclic) bond motifs is 1. The van der Waals surface area contributed by atoms with Crippen LogP contribution in [0.2, 0.25) is 0 Å². The number of carbonyl (C=O) groups is 1. The Morgan fingerprint density at radius 2 is 1.95 bits per heavy atom. The summed E-state index contributed by atoms with van der Waals surface area (Å²) in [6.07, 6.45) is 0. The van der Waals surface area contributed by atoms with E-state index in [1.54, 1.807) is 26.1 Å². The van der Waals surface area contributed by atoms with Gasteiger partial charge >= 0.3 is 0 Å². The summed E-state index contributed by atoms with van der Waals surface area (Å²) in [7, 11) is 5.09. The fourth-order valence-electron chi connectivity index (χ4n) is 2.10. The van der Waals surface area contributed by atoms with Gasteiger partial charge in [0.15, 0.2) is 11.5 Å². The molecule has 1 amide bonds. The molecule has 0 saturated carbocycles. The lowest BCUT2D eigenvalue weighted by Gasteiger charge is -2.09. The van der Waals surface area contributed by atoms with E-state index in [0.29, 0.717) is 22.1 Å². The SMILES string of the molecule is COc1cc2c(cc1-c1ccc(C(=O)N(C)C)s1)OCO2. The summed E-state index contributed by atoms with van der Waals surface area (Å²) in [5.41, 5.74) is 0.893. The van der Waals surface area contributed by atoms with Gasteiger partial charge in [0, 0.05) is 30.6 Å². The third-order valence-electron chi connectivity index (χ3n) is 3.18. The molecule has 21 heavy (non-hydrogen) atoms. The van der Waals surface area contributed by atoms with Crippen LogP contribution in [0.4, 0.5) is 0 Å². The minimum absolute atomic E-state index is 0.00837. The van der Waals surface area contributed by atoms with E-state index in [4.69, 9.17) is 14.2 Å². The van der Waals surface area contributed by atoms with Crippen LogP contribution in [-0.4, -0.2) is 38.8 Å². The number of hydrogen-bond donors (Lipinski definition) is 0. The molecule has 1 aliphatic heterocycles. The van der Waals surface area contributed by atoms with Gasteiger partial charge in [0.1, 0.15) is 5.75 Å². The van der Waals surface area contributed by atoms with E-state index in [1.807, 2.05) is 24.3 Å². The largest absolute Gasteiger partial charge is 0.496 e. The molecule has 0 radical (unpaired) electrons. The number of nitrogens with zero attached hydrogens (tertiary/aromatic N) is 1. The van der Waals surface area contributed by atoms with Crippen LogP contribution in [0.3, 0.4) is 0 Å². The average molecular weight is 305 g/mol. The van der Waals surface area contributed by atoms with Crippen molar-refractivity contribution < 1.29 is 19.0 Å². The molecule has 0 saturated heterocycles. The molecule has 0 spiro atoms. The highest BCUT2D eigenvalue weighted by atomic mass is 32.1. The minimum Gasteiger partial charge on any atom is -0.496 e. The monoisotopic (exact) mass is 305 g/mol. The quantitative estimate of drug-likeness (QED) is 0.875. The van der Waals surface area contributed by atoms with Crippen LogP contribution in [-0.2, 0) is 0 Å². The Kier molecular flexibility index (Phi) is 3.47. The number of ether oxygens (including phenoxy) is 3. The molecule has 3 rings (SSSR count). The molecule has 0 atom stereocenters. The fourth-order valence-corrected chi connectivity index (χ4v) is 3.15. The number of amides is 1. The Hall–Kier alpha value is -2.21. The number of hydrogen-bond acceptors (Lipinski definition) is 5. The molecular weight excluding hydrogens is 290 g/mol. The first-order valence-corrected chi connectivity index (χ1v) is 7.21. The van der Waals surface area contributed by atoms with E-state index in [1.165, 1.54) is 11.3 Å². The Labute approximate surface area is 126 Å². The smallest absolute Gasteiger partial charge is 0.263 e. The van der Waals surface area contributed by atoms with Crippen LogP contribution in [0.15, 0.2) is 24.3 Å². The third-order valence-corrected chi connectivity index (χ3v) is 4.29. The number of benzene rings is 1. The average Bonchev–Trinajstić information content (AvgIpc) is 3.13. The van der Waals surface area contributed by atoms with E-state index in [2.05, 4.69) is 0 Å². The first-order valence-electron chi connectivity index (χ1n) is 6.39. The number of methoxy groups -OCH3 is 1. The summed E-state index contributed by atoms with van der Waals surface area (Å²) in [5, 5.41) is 0. The minimum atomic E-state index is -0.00837. The van der Waals surface area contributed by atoms with Crippen molar-refractivity contribution in [1.29, 1.82) is 0 Å². The molecule has 6 heteroatoms. The first-order chi connectivity index (χ1) is 10.1. The van der Waals surface area contributed by atoms with Crippen molar-refractivity contribution in [3.8, 4) is 27.7 Å². The van der Waals surface area contributed by atoms with Gasteiger partial charge in [-0.2, -0.15) is 0 Å². The van der Waals surface area contributed by atoms with Crippen LogP contribution in [0.5, 0.6) is 17.2 Å². The van der Waals surface area contributed by atoms with Gasteiger partial charge in [-0.15, -0.1) is 11.3 Å². The Balaban J connectivity index is 2.02. The van der Waals surface area contributed by atoms with Gasteiger partial charge in [-0.05, 0) is 18.2 Å². The summed E-state index contributed by atoms with van der Waals surface area (Å²) < 4.78 is 16.2. The van der Waals surface area contributed by atoms with Crippen molar-refractivity contribution in [3.05, 3.63) is 29.1 Å². The Morgan fingerprint density at radius 3 is 2.62 bits per heavy atom. The highest BCUT2D eigenvalue weighted by Gasteiger charge is 2.20. The van der Waals surface area contributed by atoms with E-state index < -0.39 is 0 Å². The van der Waals surface area contributed by atoms with Crippen LogP contribution in [0, 0.1) is 0 Å². The van der Waals surface area contributed by atoms with E-state index in [-0.39, 0.29) is 12.7 Å². The molecule has 110 valence electrons. The highest BCUT2D eigenvalue weighted by Crippen LogP contribution is 2.44. The van der Waals surface area contributed by atoms with Gasteiger partial charge in [0.2, 0.25) is 6.79 Å². The summed E-state index contributed by atoms with van der Waals surface area (Å²) >= 11 is 1.43. The van der Waals surface area contributed by atoms with Crippen molar-refractivity contribution in [2.75, 3.05) is 28.0 Å². The van der Waals surface area contributed by atoms with Gasteiger partial charge in [-0.3, -0.25) is 4.79 Å². The van der Waals surface area contributed by atoms with Crippen LogP contribution < -0.4 is 14.2 Å². The molecule has 0 bridgehead atoms. The Morgan fingerprint density at radius 1 is 1.24 bits per heavy atom. The second kappa shape index (κ2) is 5.29. The maximum Gasteiger partial charge on any atom is 0.263 e. The lowest BCUT2D eigenvalue weighted by atomic mass is 10.1.